The van der Waals surface area contributed by atoms with Crippen LogP contribution in [-0.2, 0) is 5.41 Å². The molecule has 1 saturated carbocycles. The highest BCUT2D eigenvalue weighted by Crippen LogP contribution is 2.53. The molecule has 0 heterocycles. The molecule has 0 radical (unpaired) electrons. The molecular formula is C35H38O4. The lowest BCUT2D eigenvalue weighted by atomic mass is 9.55. The van der Waals surface area contributed by atoms with Crippen molar-refractivity contribution in [2.24, 2.45) is 11.3 Å². The summed E-state index contributed by atoms with van der Waals surface area (Å²) in [6.45, 7) is 7.19. The normalized spacial score (nSPS) is 17.7. The first-order valence-corrected chi connectivity index (χ1v) is 13.6. The van der Waals surface area contributed by atoms with Gasteiger partial charge < -0.3 is 18.9 Å². The quantitative estimate of drug-likeness (QED) is 0.231. The average molecular weight is 523 g/mol. The molecule has 0 spiro atoms. The fraction of sp³-hybridized carbons (Fsp3) is 0.314. The van der Waals surface area contributed by atoms with Crippen LogP contribution >= 0.6 is 0 Å². The standard InChI is InChI=1S/C35H38O4/c1-25-22-34(2,3)24-35(23-25,26-6-10-30(11-7-26)38-32-18-14-28(36-4)15-19-32)27-8-12-31(13-9-27)39-33-20-16-29(37-5)17-21-33/h6-21,25H,22-24H2,1-5H3. The van der Waals surface area contributed by atoms with Gasteiger partial charge in [0.1, 0.15) is 34.5 Å². The Labute approximate surface area is 232 Å². The number of rotatable bonds is 8. The molecule has 1 aliphatic rings. The van der Waals surface area contributed by atoms with Gasteiger partial charge in [0.2, 0.25) is 0 Å². The number of ether oxygens (including phenoxy) is 4. The van der Waals surface area contributed by atoms with Gasteiger partial charge in [-0.05, 0) is 115 Å². The molecule has 0 bridgehead atoms. The summed E-state index contributed by atoms with van der Waals surface area (Å²) in [7, 11) is 3.33. The van der Waals surface area contributed by atoms with Crippen LogP contribution in [0.15, 0.2) is 97.1 Å². The lowest BCUT2D eigenvalue weighted by molar-refractivity contribution is 0.127. The predicted molar refractivity (Wildman–Crippen MR) is 157 cm³/mol. The van der Waals surface area contributed by atoms with E-state index in [1.54, 1.807) is 14.2 Å². The monoisotopic (exact) mass is 522 g/mol. The highest BCUT2D eigenvalue weighted by molar-refractivity contribution is 5.46. The van der Waals surface area contributed by atoms with Crippen LogP contribution in [0.5, 0.6) is 34.5 Å². The third-order valence-electron chi connectivity index (χ3n) is 7.78. The van der Waals surface area contributed by atoms with Gasteiger partial charge in [-0.25, -0.2) is 0 Å². The minimum atomic E-state index is -0.0849. The Bertz CT molecular complexity index is 1260. The second kappa shape index (κ2) is 11.1. The van der Waals surface area contributed by atoms with Crippen LogP contribution in [-0.4, -0.2) is 14.2 Å². The van der Waals surface area contributed by atoms with E-state index in [2.05, 4.69) is 69.3 Å². The zero-order valence-electron chi connectivity index (χ0n) is 23.6. The molecule has 202 valence electrons. The Kier molecular flexibility index (Phi) is 7.56. The lowest BCUT2D eigenvalue weighted by Gasteiger charge is -2.48. The average Bonchev–Trinajstić information content (AvgIpc) is 2.93. The van der Waals surface area contributed by atoms with Gasteiger partial charge in [0.15, 0.2) is 0 Å². The van der Waals surface area contributed by atoms with E-state index < -0.39 is 0 Å². The molecule has 0 N–H and O–H groups in total. The second-order valence-electron chi connectivity index (χ2n) is 11.5. The van der Waals surface area contributed by atoms with Crippen LogP contribution in [0, 0.1) is 11.3 Å². The van der Waals surface area contributed by atoms with Crippen molar-refractivity contribution >= 4 is 0 Å². The number of benzene rings is 4. The molecule has 4 nitrogen and oxygen atoms in total. The summed E-state index contributed by atoms with van der Waals surface area (Å²) >= 11 is 0. The van der Waals surface area contributed by atoms with Crippen LogP contribution in [0.2, 0.25) is 0 Å². The van der Waals surface area contributed by atoms with Crippen molar-refractivity contribution in [1.82, 2.24) is 0 Å². The largest absolute Gasteiger partial charge is 0.497 e. The fourth-order valence-electron chi connectivity index (χ4n) is 6.42. The van der Waals surface area contributed by atoms with Crippen molar-refractivity contribution in [1.29, 1.82) is 0 Å². The summed E-state index contributed by atoms with van der Waals surface area (Å²) in [5.41, 5.74) is 2.80. The smallest absolute Gasteiger partial charge is 0.127 e. The van der Waals surface area contributed by atoms with E-state index >= 15 is 0 Å². The molecule has 1 aliphatic carbocycles. The van der Waals surface area contributed by atoms with Crippen molar-refractivity contribution in [3.8, 4) is 34.5 Å². The molecular weight excluding hydrogens is 484 g/mol. The highest BCUT2D eigenvalue weighted by Gasteiger charge is 2.45. The van der Waals surface area contributed by atoms with Crippen molar-refractivity contribution < 1.29 is 18.9 Å². The molecule has 0 aromatic heterocycles. The predicted octanol–water partition coefficient (Wildman–Crippen LogP) is 9.42. The zero-order valence-corrected chi connectivity index (χ0v) is 23.6. The maximum Gasteiger partial charge on any atom is 0.127 e. The van der Waals surface area contributed by atoms with Gasteiger partial charge >= 0.3 is 0 Å². The van der Waals surface area contributed by atoms with Crippen LogP contribution in [0.1, 0.15) is 51.2 Å². The van der Waals surface area contributed by atoms with Gasteiger partial charge in [-0.1, -0.05) is 45.0 Å². The maximum absolute atomic E-state index is 6.13. The molecule has 4 aromatic carbocycles. The summed E-state index contributed by atoms with van der Waals surface area (Å²) < 4.78 is 22.8. The van der Waals surface area contributed by atoms with Gasteiger partial charge in [-0.3, -0.25) is 0 Å². The van der Waals surface area contributed by atoms with Crippen molar-refractivity contribution in [2.75, 3.05) is 14.2 Å². The minimum absolute atomic E-state index is 0.0849. The van der Waals surface area contributed by atoms with Gasteiger partial charge in [-0.15, -0.1) is 0 Å². The molecule has 4 heteroatoms. The summed E-state index contributed by atoms with van der Waals surface area (Å²) in [6.07, 6.45) is 3.42. The van der Waals surface area contributed by atoms with Crippen LogP contribution in [0.3, 0.4) is 0 Å². The molecule has 1 unspecified atom stereocenters. The molecule has 0 amide bonds. The van der Waals surface area contributed by atoms with E-state index in [9.17, 15) is 0 Å². The Morgan fingerprint density at radius 1 is 0.513 bits per heavy atom. The first-order chi connectivity index (χ1) is 18.8. The summed E-state index contributed by atoms with van der Waals surface area (Å²) in [5, 5.41) is 0. The molecule has 0 saturated heterocycles. The van der Waals surface area contributed by atoms with E-state index in [1.165, 1.54) is 17.5 Å². The molecule has 5 rings (SSSR count). The highest BCUT2D eigenvalue weighted by atomic mass is 16.5. The van der Waals surface area contributed by atoms with Crippen molar-refractivity contribution in [3.63, 3.8) is 0 Å². The number of hydrogen-bond donors (Lipinski definition) is 0. The molecule has 0 aliphatic heterocycles. The van der Waals surface area contributed by atoms with E-state index in [0.29, 0.717) is 5.92 Å². The van der Waals surface area contributed by atoms with E-state index in [0.717, 1.165) is 47.3 Å². The third-order valence-corrected chi connectivity index (χ3v) is 7.78. The molecule has 39 heavy (non-hydrogen) atoms. The van der Waals surface area contributed by atoms with Crippen molar-refractivity contribution in [3.05, 3.63) is 108 Å². The Hall–Kier alpha value is -3.92. The summed E-state index contributed by atoms with van der Waals surface area (Å²) in [5.74, 6) is 5.47. The van der Waals surface area contributed by atoms with Crippen LogP contribution in [0.4, 0.5) is 0 Å². The molecule has 1 atom stereocenters. The molecule has 1 fully saturated rings. The first-order valence-electron chi connectivity index (χ1n) is 13.6. The minimum Gasteiger partial charge on any atom is -0.497 e. The van der Waals surface area contributed by atoms with Gasteiger partial charge in [0.05, 0.1) is 14.2 Å². The Morgan fingerprint density at radius 3 is 1.18 bits per heavy atom. The third kappa shape index (κ3) is 6.06. The SMILES string of the molecule is COc1ccc(Oc2ccc(C3(c4ccc(Oc5ccc(OC)cc5)cc4)CC(C)CC(C)(C)C3)cc2)cc1. The number of methoxy groups -OCH3 is 2. The van der Waals surface area contributed by atoms with E-state index in [-0.39, 0.29) is 10.8 Å². The summed E-state index contributed by atoms with van der Waals surface area (Å²) in [6, 6.07) is 32.7. The van der Waals surface area contributed by atoms with Gasteiger partial charge in [0, 0.05) is 5.41 Å². The van der Waals surface area contributed by atoms with Crippen LogP contribution in [0.25, 0.3) is 0 Å². The topological polar surface area (TPSA) is 36.9 Å². The fourth-order valence-corrected chi connectivity index (χ4v) is 6.42. The van der Waals surface area contributed by atoms with E-state index in [4.69, 9.17) is 18.9 Å². The van der Waals surface area contributed by atoms with Gasteiger partial charge in [0.25, 0.3) is 0 Å². The Morgan fingerprint density at radius 2 is 0.846 bits per heavy atom. The zero-order chi connectivity index (χ0) is 27.5. The number of hydrogen-bond acceptors (Lipinski definition) is 4. The summed E-state index contributed by atoms with van der Waals surface area (Å²) in [4.78, 5) is 0. The Balaban J connectivity index is 1.42. The van der Waals surface area contributed by atoms with Crippen LogP contribution < -0.4 is 18.9 Å². The lowest BCUT2D eigenvalue weighted by Crippen LogP contribution is -2.41. The first kappa shape index (κ1) is 26.7. The molecule has 4 aromatic rings. The maximum atomic E-state index is 6.13. The second-order valence-corrected chi connectivity index (χ2v) is 11.5. The van der Waals surface area contributed by atoms with Crippen molar-refractivity contribution in [2.45, 2.75) is 45.4 Å². The van der Waals surface area contributed by atoms with Gasteiger partial charge in [-0.2, -0.15) is 0 Å². The van der Waals surface area contributed by atoms with E-state index in [1.807, 2.05) is 48.5 Å².